The van der Waals surface area contributed by atoms with Crippen molar-refractivity contribution < 1.29 is 4.79 Å². The van der Waals surface area contributed by atoms with Gasteiger partial charge in [-0.25, -0.2) is 0 Å². The zero-order valence-corrected chi connectivity index (χ0v) is 14.5. The van der Waals surface area contributed by atoms with Crippen LogP contribution in [0.25, 0.3) is 0 Å². The molecule has 0 atom stereocenters. The monoisotopic (exact) mass is 332 g/mol. The standard InChI is InChI=1S/C20H20N4O/c1-14-9-10-16(13-15(14)2)21-20(25)18-11-12-19(23-22-18)24(3)17-7-5-4-6-8-17/h4-13H,1-3H3,(H,21,25). The summed E-state index contributed by atoms with van der Waals surface area (Å²) in [5.74, 6) is 0.401. The molecule has 0 unspecified atom stereocenters. The maximum absolute atomic E-state index is 12.3. The van der Waals surface area contributed by atoms with Gasteiger partial charge in [0.1, 0.15) is 0 Å². The Morgan fingerprint density at radius 1 is 0.920 bits per heavy atom. The van der Waals surface area contributed by atoms with Crippen molar-refractivity contribution in [2.45, 2.75) is 13.8 Å². The molecule has 5 heteroatoms. The topological polar surface area (TPSA) is 58.1 Å². The number of nitrogens with zero attached hydrogens (tertiary/aromatic N) is 3. The Morgan fingerprint density at radius 3 is 2.32 bits per heavy atom. The average molecular weight is 332 g/mol. The number of aromatic nitrogens is 2. The number of hydrogen-bond acceptors (Lipinski definition) is 4. The molecule has 0 saturated heterocycles. The Hall–Kier alpha value is -3.21. The van der Waals surface area contributed by atoms with E-state index in [1.807, 2.05) is 74.3 Å². The Morgan fingerprint density at radius 2 is 1.68 bits per heavy atom. The highest BCUT2D eigenvalue weighted by Gasteiger charge is 2.11. The van der Waals surface area contributed by atoms with E-state index < -0.39 is 0 Å². The van der Waals surface area contributed by atoms with Crippen molar-refractivity contribution in [1.29, 1.82) is 0 Å². The summed E-state index contributed by atoms with van der Waals surface area (Å²) >= 11 is 0. The molecule has 5 nitrogen and oxygen atoms in total. The Kier molecular flexibility index (Phi) is 4.75. The van der Waals surface area contributed by atoms with Gasteiger partial charge in [0.25, 0.3) is 5.91 Å². The molecule has 3 aromatic rings. The van der Waals surface area contributed by atoms with Crippen LogP contribution in [0.1, 0.15) is 21.6 Å². The first-order valence-corrected chi connectivity index (χ1v) is 8.06. The van der Waals surface area contributed by atoms with Gasteiger partial charge in [-0.05, 0) is 61.4 Å². The highest BCUT2D eigenvalue weighted by Crippen LogP contribution is 2.20. The van der Waals surface area contributed by atoms with Gasteiger partial charge in [-0.1, -0.05) is 24.3 Å². The Labute approximate surface area is 147 Å². The first-order chi connectivity index (χ1) is 12.0. The third-order valence-corrected chi connectivity index (χ3v) is 4.14. The van der Waals surface area contributed by atoms with E-state index in [9.17, 15) is 4.79 Å². The first kappa shape index (κ1) is 16.6. The van der Waals surface area contributed by atoms with E-state index in [4.69, 9.17) is 0 Å². The lowest BCUT2D eigenvalue weighted by molar-refractivity contribution is 0.102. The second kappa shape index (κ2) is 7.13. The number of amides is 1. The smallest absolute Gasteiger partial charge is 0.276 e. The van der Waals surface area contributed by atoms with Gasteiger partial charge in [0.05, 0.1) is 0 Å². The van der Waals surface area contributed by atoms with Gasteiger partial charge in [-0.3, -0.25) is 4.79 Å². The third-order valence-electron chi connectivity index (χ3n) is 4.14. The largest absolute Gasteiger partial charge is 0.328 e. The van der Waals surface area contributed by atoms with Crippen LogP contribution in [0.4, 0.5) is 17.2 Å². The predicted molar refractivity (Wildman–Crippen MR) is 100 cm³/mol. The minimum atomic E-state index is -0.273. The number of rotatable bonds is 4. The SMILES string of the molecule is Cc1ccc(NC(=O)c2ccc(N(C)c3ccccc3)nn2)cc1C. The van der Waals surface area contributed by atoms with E-state index in [1.54, 1.807) is 12.1 Å². The molecule has 0 saturated carbocycles. The number of para-hydroxylation sites is 1. The number of carbonyl (C=O) groups is 1. The molecule has 25 heavy (non-hydrogen) atoms. The molecule has 126 valence electrons. The molecule has 0 aliphatic heterocycles. The van der Waals surface area contributed by atoms with E-state index in [2.05, 4.69) is 15.5 Å². The molecule has 0 spiro atoms. The Bertz CT molecular complexity index is 876. The molecule has 0 aliphatic rings. The highest BCUT2D eigenvalue weighted by atomic mass is 16.1. The third kappa shape index (κ3) is 3.83. The second-order valence-corrected chi connectivity index (χ2v) is 5.92. The molecule has 3 rings (SSSR count). The summed E-state index contributed by atoms with van der Waals surface area (Å²) in [5.41, 5.74) is 4.35. The maximum atomic E-state index is 12.3. The fourth-order valence-electron chi connectivity index (χ4n) is 2.42. The second-order valence-electron chi connectivity index (χ2n) is 5.92. The lowest BCUT2D eigenvalue weighted by Gasteiger charge is -2.17. The van der Waals surface area contributed by atoms with Crippen LogP contribution in [0, 0.1) is 13.8 Å². The molecular weight excluding hydrogens is 312 g/mol. The van der Waals surface area contributed by atoms with Crippen LogP contribution in [0.15, 0.2) is 60.7 Å². The normalized spacial score (nSPS) is 10.4. The summed E-state index contributed by atoms with van der Waals surface area (Å²) < 4.78 is 0. The molecule has 1 amide bonds. The number of hydrogen-bond donors (Lipinski definition) is 1. The van der Waals surface area contributed by atoms with Crippen LogP contribution < -0.4 is 10.2 Å². The molecule has 1 aromatic heterocycles. The van der Waals surface area contributed by atoms with Crippen LogP contribution >= 0.6 is 0 Å². The van der Waals surface area contributed by atoms with Crippen molar-refractivity contribution >= 4 is 23.1 Å². The fraction of sp³-hybridized carbons (Fsp3) is 0.150. The van der Waals surface area contributed by atoms with Gasteiger partial charge in [-0.2, -0.15) is 0 Å². The van der Waals surface area contributed by atoms with Crippen molar-refractivity contribution in [2.75, 3.05) is 17.3 Å². The molecule has 1 heterocycles. The van der Waals surface area contributed by atoms with Crippen LogP contribution in [0.3, 0.4) is 0 Å². The number of nitrogens with one attached hydrogen (secondary N) is 1. The van der Waals surface area contributed by atoms with Gasteiger partial charge >= 0.3 is 0 Å². The summed E-state index contributed by atoms with van der Waals surface area (Å²) in [5, 5.41) is 11.1. The van der Waals surface area contributed by atoms with Gasteiger partial charge in [0, 0.05) is 18.4 Å². The van der Waals surface area contributed by atoms with Crippen molar-refractivity contribution in [3.63, 3.8) is 0 Å². The van der Waals surface area contributed by atoms with Crippen LogP contribution in [0.5, 0.6) is 0 Å². The molecule has 2 aromatic carbocycles. The van der Waals surface area contributed by atoms with Crippen molar-refractivity contribution in [3.05, 3.63) is 77.5 Å². The van der Waals surface area contributed by atoms with E-state index in [0.717, 1.165) is 16.9 Å². The van der Waals surface area contributed by atoms with Crippen molar-refractivity contribution in [2.24, 2.45) is 0 Å². The number of anilines is 3. The first-order valence-electron chi connectivity index (χ1n) is 8.06. The predicted octanol–water partition coefficient (Wildman–Crippen LogP) is 4.11. The minimum Gasteiger partial charge on any atom is -0.328 e. The van der Waals surface area contributed by atoms with Gasteiger partial charge in [0.15, 0.2) is 11.5 Å². The molecule has 0 fully saturated rings. The van der Waals surface area contributed by atoms with Crippen LogP contribution in [-0.2, 0) is 0 Å². The summed E-state index contributed by atoms with van der Waals surface area (Å²) in [6, 6.07) is 19.1. The van der Waals surface area contributed by atoms with Crippen molar-refractivity contribution in [1.82, 2.24) is 10.2 Å². The lowest BCUT2D eigenvalue weighted by atomic mass is 10.1. The number of carbonyl (C=O) groups excluding carboxylic acids is 1. The van der Waals surface area contributed by atoms with E-state index in [0.29, 0.717) is 5.82 Å². The summed E-state index contributed by atoms with van der Waals surface area (Å²) in [6.07, 6.45) is 0. The highest BCUT2D eigenvalue weighted by molar-refractivity contribution is 6.02. The zero-order valence-electron chi connectivity index (χ0n) is 14.5. The number of aryl methyl sites for hydroxylation is 2. The zero-order chi connectivity index (χ0) is 17.8. The maximum Gasteiger partial charge on any atom is 0.276 e. The molecular formula is C20H20N4O. The van der Waals surface area contributed by atoms with Gasteiger partial charge in [-0.15, -0.1) is 10.2 Å². The van der Waals surface area contributed by atoms with E-state index >= 15 is 0 Å². The minimum absolute atomic E-state index is 0.273. The molecule has 0 radical (unpaired) electrons. The van der Waals surface area contributed by atoms with Crippen molar-refractivity contribution in [3.8, 4) is 0 Å². The van der Waals surface area contributed by atoms with Crippen LogP contribution in [-0.4, -0.2) is 23.2 Å². The van der Waals surface area contributed by atoms with Gasteiger partial charge in [0.2, 0.25) is 0 Å². The molecule has 1 N–H and O–H groups in total. The summed E-state index contributed by atoms with van der Waals surface area (Å²) in [6.45, 7) is 4.05. The van der Waals surface area contributed by atoms with E-state index in [-0.39, 0.29) is 11.6 Å². The molecule has 0 bridgehead atoms. The molecule has 0 aliphatic carbocycles. The average Bonchev–Trinajstić information content (AvgIpc) is 2.65. The van der Waals surface area contributed by atoms with Gasteiger partial charge < -0.3 is 10.2 Å². The summed E-state index contributed by atoms with van der Waals surface area (Å²) in [4.78, 5) is 14.2. The number of benzene rings is 2. The quantitative estimate of drug-likeness (QED) is 0.781. The fourth-order valence-corrected chi connectivity index (χ4v) is 2.42. The Balaban J connectivity index is 1.73. The van der Waals surface area contributed by atoms with Crippen LogP contribution in [0.2, 0.25) is 0 Å². The summed E-state index contributed by atoms with van der Waals surface area (Å²) in [7, 11) is 1.91. The van der Waals surface area contributed by atoms with E-state index in [1.165, 1.54) is 5.56 Å². The lowest BCUT2D eigenvalue weighted by Crippen LogP contribution is -2.17.